The van der Waals surface area contributed by atoms with Crippen LogP contribution < -0.4 is 0 Å². The van der Waals surface area contributed by atoms with Crippen molar-refractivity contribution in [2.24, 2.45) is 11.8 Å². The second-order valence-corrected chi connectivity index (χ2v) is 7.90. The Labute approximate surface area is 144 Å². The lowest BCUT2D eigenvalue weighted by atomic mass is 9.76. The van der Waals surface area contributed by atoms with Crippen LogP contribution in [0.1, 0.15) is 46.5 Å². The van der Waals surface area contributed by atoms with Gasteiger partial charge >= 0.3 is 5.97 Å². The second kappa shape index (κ2) is 6.49. The zero-order valence-corrected chi connectivity index (χ0v) is 14.9. The Hall–Kier alpha value is -1.39. The lowest BCUT2D eigenvalue weighted by Crippen LogP contribution is -2.36. The molecule has 2 fully saturated rings. The zero-order valence-electron chi connectivity index (χ0n) is 14.9. The van der Waals surface area contributed by atoms with E-state index >= 15 is 0 Å². The number of fused-ring (bicyclic) bond motifs is 1. The molecule has 1 N–H and O–H groups in total. The third kappa shape index (κ3) is 3.65. The van der Waals surface area contributed by atoms with Gasteiger partial charge in [0.2, 0.25) is 0 Å². The molecule has 0 aromatic heterocycles. The summed E-state index contributed by atoms with van der Waals surface area (Å²) in [5, 5.41) is 10.1. The minimum atomic E-state index is -0.570. The smallest absolute Gasteiger partial charge is 0.314 e. The molecule has 0 aromatic carbocycles. The fourth-order valence-electron chi connectivity index (χ4n) is 3.92. The standard InChI is InChI=1S/C20H28O4/c1-12-5-7-16-14(6-8-17-20(3,4)24-17)11-23-19(22)18(16)13(2)10-15(21)9-12/h6,9,15-18,21H,2,5,7-8,10-11H2,1,3-4H3. The molecule has 4 unspecified atom stereocenters. The molecular formula is C20H28O4. The SMILES string of the molecule is C=C1CC(O)C=C(C)CCC2C(=CCC3OC3(C)C)COC(=O)C12. The normalized spacial score (nSPS) is 37.7. The number of ether oxygens (including phenoxy) is 2. The first kappa shape index (κ1) is 17.4. The average Bonchev–Trinajstić information content (AvgIpc) is 3.08. The van der Waals surface area contributed by atoms with Crippen LogP contribution in [0.15, 0.2) is 35.5 Å². The van der Waals surface area contributed by atoms with Gasteiger partial charge in [-0.15, -0.1) is 0 Å². The molecule has 3 rings (SSSR count). The van der Waals surface area contributed by atoms with Crippen molar-refractivity contribution in [2.75, 3.05) is 6.61 Å². The second-order valence-electron chi connectivity index (χ2n) is 7.90. The quantitative estimate of drug-likeness (QED) is 0.479. The maximum atomic E-state index is 12.4. The van der Waals surface area contributed by atoms with Gasteiger partial charge in [0.1, 0.15) is 6.61 Å². The van der Waals surface area contributed by atoms with Crippen molar-refractivity contribution in [3.8, 4) is 0 Å². The summed E-state index contributed by atoms with van der Waals surface area (Å²) in [6.45, 7) is 10.7. The number of aliphatic hydroxyl groups excluding tert-OH is 1. The fraction of sp³-hybridized carbons (Fsp3) is 0.650. The summed E-state index contributed by atoms with van der Waals surface area (Å²) in [6, 6.07) is 0. The topological polar surface area (TPSA) is 59.1 Å². The minimum Gasteiger partial charge on any atom is -0.461 e. The van der Waals surface area contributed by atoms with Gasteiger partial charge in [0, 0.05) is 5.92 Å². The van der Waals surface area contributed by atoms with E-state index in [-0.39, 0.29) is 29.5 Å². The van der Waals surface area contributed by atoms with Gasteiger partial charge in [0.25, 0.3) is 0 Å². The minimum absolute atomic E-state index is 0.0345. The summed E-state index contributed by atoms with van der Waals surface area (Å²) in [5.74, 6) is -0.418. The Morgan fingerprint density at radius 3 is 2.83 bits per heavy atom. The summed E-state index contributed by atoms with van der Waals surface area (Å²) in [4.78, 5) is 12.4. The fourth-order valence-corrected chi connectivity index (χ4v) is 3.92. The Balaban J connectivity index is 1.82. The van der Waals surface area contributed by atoms with Crippen LogP contribution in [0, 0.1) is 11.8 Å². The average molecular weight is 332 g/mol. The van der Waals surface area contributed by atoms with Gasteiger partial charge < -0.3 is 14.6 Å². The van der Waals surface area contributed by atoms with Gasteiger partial charge in [-0.1, -0.05) is 29.9 Å². The van der Waals surface area contributed by atoms with Crippen LogP contribution in [-0.2, 0) is 14.3 Å². The van der Waals surface area contributed by atoms with Crippen LogP contribution >= 0.6 is 0 Å². The maximum absolute atomic E-state index is 12.4. The van der Waals surface area contributed by atoms with E-state index in [1.165, 1.54) is 11.1 Å². The first-order valence-corrected chi connectivity index (χ1v) is 8.84. The van der Waals surface area contributed by atoms with Crippen LogP contribution in [0.3, 0.4) is 0 Å². The van der Waals surface area contributed by atoms with Crippen molar-refractivity contribution >= 4 is 5.97 Å². The van der Waals surface area contributed by atoms with E-state index < -0.39 is 6.10 Å². The van der Waals surface area contributed by atoms with E-state index in [9.17, 15) is 9.90 Å². The number of rotatable bonds is 2. The Bertz CT molecular complexity index is 599. The van der Waals surface area contributed by atoms with Gasteiger partial charge in [-0.05, 0) is 52.0 Å². The number of carbonyl (C=O) groups excluding carboxylic acids is 1. The van der Waals surface area contributed by atoms with Crippen molar-refractivity contribution in [3.63, 3.8) is 0 Å². The molecule has 0 saturated carbocycles. The number of hydrogen-bond donors (Lipinski definition) is 1. The highest BCUT2D eigenvalue weighted by atomic mass is 16.6. The summed E-state index contributed by atoms with van der Waals surface area (Å²) in [6.07, 6.45) is 6.80. The van der Waals surface area contributed by atoms with Gasteiger partial charge in [-0.3, -0.25) is 4.79 Å². The molecule has 1 aliphatic carbocycles. The van der Waals surface area contributed by atoms with E-state index in [2.05, 4.69) is 26.5 Å². The van der Waals surface area contributed by atoms with Gasteiger partial charge in [-0.25, -0.2) is 0 Å². The molecular weight excluding hydrogens is 304 g/mol. The molecule has 4 heteroatoms. The van der Waals surface area contributed by atoms with Gasteiger partial charge in [-0.2, -0.15) is 0 Å². The highest BCUT2D eigenvalue weighted by molar-refractivity contribution is 5.78. The molecule has 0 bridgehead atoms. The number of allylic oxidation sites excluding steroid dienone is 1. The van der Waals surface area contributed by atoms with Crippen molar-refractivity contribution in [3.05, 3.63) is 35.5 Å². The van der Waals surface area contributed by atoms with Crippen molar-refractivity contribution in [1.29, 1.82) is 0 Å². The third-order valence-electron chi connectivity index (χ3n) is 5.51. The van der Waals surface area contributed by atoms with Crippen molar-refractivity contribution in [1.82, 2.24) is 0 Å². The monoisotopic (exact) mass is 332 g/mol. The lowest BCUT2D eigenvalue weighted by Gasteiger charge is -2.34. The summed E-state index contributed by atoms with van der Waals surface area (Å²) in [5.41, 5.74) is 3.09. The molecule has 4 nitrogen and oxygen atoms in total. The van der Waals surface area contributed by atoms with E-state index in [1.807, 2.05) is 13.0 Å². The molecule has 2 saturated heterocycles. The number of aliphatic hydroxyl groups is 1. The van der Waals surface area contributed by atoms with Crippen molar-refractivity contribution in [2.45, 2.75) is 64.3 Å². The lowest BCUT2D eigenvalue weighted by molar-refractivity contribution is -0.151. The number of epoxide rings is 1. The molecule has 3 aliphatic rings. The highest BCUT2D eigenvalue weighted by Gasteiger charge is 2.47. The first-order valence-electron chi connectivity index (χ1n) is 8.84. The Kier molecular flexibility index (Phi) is 4.71. The van der Waals surface area contributed by atoms with E-state index in [0.29, 0.717) is 13.0 Å². The third-order valence-corrected chi connectivity index (χ3v) is 5.51. The largest absolute Gasteiger partial charge is 0.461 e. The number of cyclic esters (lactones) is 1. The predicted octanol–water partition coefficient (Wildman–Crippen LogP) is 3.32. The van der Waals surface area contributed by atoms with Crippen LogP contribution in [0.2, 0.25) is 0 Å². The van der Waals surface area contributed by atoms with Crippen molar-refractivity contribution < 1.29 is 19.4 Å². The summed E-state index contributed by atoms with van der Waals surface area (Å²) < 4.78 is 11.1. The van der Waals surface area contributed by atoms with E-state index in [4.69, 9.17) is 9.47 Å². The molecule has 2 heterocycles. The highest BCUT2D eigenvalue weighted by Crippen LogP contribution is 2.41. The molecule has 132 valence electrons. The van der Waals surface area contributed by atoms with Gasteiger partial charge in [0.15, 0.2) is 0 Å². The van der Waals surface area contributed by atoms with E-state index in [0.717, 1.165) is 24.8 Å². The van der Waals surface area contributed by atoms with Gasteiger partial charge in [0.05, 0.1) is 23.7 Å². The Morgan fingerprint density at radius 1 is 1.46 bits per heavy atom. The predicted molar refractivity (Wildman–Crippen MR) is 92.3 cm³/mol. The molecule has 0 aromatic rings. The molecule has 0 amide bonds. The van der Waals surface area contributed by atoms with Crippen LogP contribution in [0.25, 0.3) is 0 Å². The van der Waals surface area contributed by atoms with Crippen LogP contribution in [0.5, 0.6) is 0 Å². The molecule has 0 spiro atoms. The summed E-state index contributed by atoms with van der Waals surface area (Å²) in [7, 11) is 0. The Morgan fingerprint density at radius 2 is 2.17 bits per heavy atom. The summed E-state index contributed by atoms with van der Waals surface area (Å²) >= 11 is 0. The van der Waals surface area contributed by atoms with Crippen LogP contribution in [-0.4, -0.2) is 35.5 Å². The zero-order chi connectivity index (χ0) is 17.5. The molecule has 2 aliphatic heterocycles. The van der Waals surface area contributed by atoms with Crippen LogP contribution in [0.4, 0.5) is 0 Å². The number of hydrogen-bond acceptors (Lipinski definition) is 4. The first-order chi connectivity index (χ1) is 11.3. The maximum Gasteiger partial charge on any atom is 0.314 e. The number of esters is 1. The van der Waals surface area contributed by atoms with E-state index in [1.54, 1.807) is 0 Å². The molecule has 0 radical (unpaired) electrons. The molecule has 4 atom stereocenters. The number of carbonyl (C=O) groups is 1. The molecule has 24 heavy (non-hydrogen) atoms.